The Bertz CT molecular complexity index is 311. The molecule has 2 unspecified atom stereocenters. The van der Waals surface area contributed by atoms with E-state index in [1.807, 2.05) is 20.8 Å². The zero-order chi connectivity index (χ0) is 11.1. The zero-order valence-electron chi connectivity index (χ0n) is 9.45. The van der Waals surface area contributed by atoms with Crippen molar-refractivity contribution in [3.8, 4) is 0 Å². The molecule has 1 aliphatic heterocycles. The Balaban J connectivity index is 2.17. The summed E-state index contributed by atoms with van der Waals surface area (Å²) in [6.07, 6.45) is 2.61. The minimum Gasteiger partial charge on any atom is -0.460 e. The molecule has 15 heavy (non-hydrogen) atoms. The van der Waals surface area contributed by atoms with Crippen LogP contribution >= 0.6 is 0 Å². The predicted octanol–water partition coefficient (Wildman–Crippen LogP) is 1.88. The molecule has 0 spiro atoms. The molecule has 0 aromatic carbocycles. The summed E-state index contributed by atoms with van der Waals surface area (Å²) in [7, 11) is 0. The molecule has 1 heterocycles. The van der Waals surface area contributed by atoms with Gasteiger partial charge in [0, 0.05) is 6.42 Å². The van der Waals surface area contributed by atoms with E-state index in [1.165, 1.54) is 0 Å². The first-order valence-corrected chi connectivity index (χ1v) is 5.50. The van der Waals surface area contributed by atoms with Crippen LogP contribution < -0.4 is 0 Å². The number of hydrogen-bond acceptors (Lipinski definition) is 4. The van der Waals surface area contributed by atoms with E-state index in [2.05, 4.69) is 5.16 Å². The maximum absolute atomic E-state index is 12.0. The van der Waals surface area contributed by atoms with E-state index in [1.54, 1.807) is 0 Å². The van der Waals surface area contributed by atoms with Crippen LogP contribution in [-0.4, -0.2) is 23.4 Å². The number of hydrogen-bond donors (Lipinski definition) is 0. The van der Waals surface area contributed by atoms with Crippen molar-refractivity contribution in [3.63, 3.8) is 0 Å². The SMILES string of the molecule is CC1=NOC2(C(=O)OC(C)C)CCCC12. The Kier molecular flexibility index (Phi) is 2.44. The number of rotatable bonds is 2. The van der Waals surface area contributed by atoms with Gasteiger partial charge in [-0.25, -0.2) is 4.79 Å². The zero-order valence-corrected chi connectivity index (χ0v) is 9.45. The van der Waals surface area contributed by atoms with E-state index in [0.29, 0.717) is 0 Å². The van der Waals surface area contributed by atoms with Gasteiger partial charge in [0.05, 0.1) is 17.7 Å². The molecule has 0 bridgehead atoms. The van der Waals surface area contributed by atoms with Gasteiger partial charge in [-0.3, -0.25) is 0 Å². The summed E-state index contributed by atoms with van der Waals surface area (Å²) in [5.41, 5.74) is 0.127. The molecule has 0 aromatic rings. The van der Waals surface area contributed by atoms with Crippen LogP contribution in [0.5, 0.6) is 0 Å². The van der Waals surface area contributed by atoms with Crippen LogP contribution in [0.15, 0.2) is 5.16 Å². The van der Waals surface area contributed by atoms with Crippen molar-refractivity contribution in [2.45, 2.75) is 51.7 Å². The molecule has 2 atom stereocenters. The Morgan fingerprint density at radius 2 is 2.40 bits per heavy atom. The van der Waals surface area contributed by atoms with Crippen molar-refractivity contribution < 1.29 is 14.4 Å². The maximum Gasteiger partial charge on any atom is 0.354 e. The van der Waals surface area contributed by atoms with Crippen LogP contribution in [-0.2, 0) is 14.4 Å². The highest BCUT2D eigenvalue weighted by atomic mass is 16.7. The molecule has 0 radical (unpaired) electrons. The van der Waals surface area contributed by atoms with E-state index in [9.17, 15) is 4.79 Å². The molecule has 0 N–H and O–H groups in total. The van der Waals surface area contributed by atoms with Gasteiger partial charge in [-0.1, -0.05) is 5.16 Å². The summed E-state index contributed by atoms with van der Waals surface area (Å²) in [4.78, 5) is 17.3. The second-order valence-corrected chi connectivity index (χ2v) is 4.61. The fraction of sp³-hybridized carbons (Fsp3) is 0.818. The van der Waals surface area contributed by atoms with Crippen LogP contribution in [0.2, 0.25) is 0 Å². The van der Waals surface area contributed by atoms with Crippen LogP contribution in [0.25, 0.3) is 0 Å². The molecule has 0 aromatic heterocycles. The first-order chi connectivity index (χ1) is 7.06. The smallest absolute Gasteiger partial charge is 0.354 e. The van der Waals surface area contributed by atoms with Gasteiger partial charge >= 0.3 is 5.97 Å². The quantitative estimate of drug-likeness (QED) is 0.655. The summed E-state index contributed by atoms with van der Waals surface area (Å²) in [6.45, 7) is 5.61. The molecular weight excluding hydrogens is 194 g/mol. The molecule has 4 heteroatoms. The molecule has 0 amide bonds. The third-order valence-electron chi connectivity index (χ3n) is 3.15. The molecule has 2 aliphatic rings. The van der Waals surface area contributed by atoms with Gasteiger partial charge in [-0.05, 0) is 33.6 Å². The Morgan fingerprint density at radius 1 is 1.67 bits per heavy atom. The molecule has 1 fully saturated rings. The van der Waals surface area contributed by atoms with Crippen LogP contribution in [0.3, 0.4) is 0 Å². The van der Waals surface area contributed by atoms with Crippen molar-refractivity contribution in [2.24, 2.45) is 11.1 Å². The lowest BCUT2D eigenvalue weighted by atomic mass is 9.88. The monoisotopic (exact) mass is 211 g/mol. The highest BCUT2D eigenvalue weighted by Crippen LogP contribution is 2.44. The first-order valence-electron chi connectivity index (χ1n) is 5.50. The number of fused-ring (bicyclic) bond motifs is 1. The number of oxime groups is 1. The minimum atomic E-state index is -0.797. The lowest BCUT2D eigenvalue weighted by Crippen LogP contribution is -2.44. The van der Waals surface area contributed by atoms with Gasteiger partial charge < -0.3 is 9.57 Å². The molecular formula is C11H17NO3. The van der Waals surface area contributed by atoms with Gasteiger partial charge in [0.1, 0.15) is 0 Å². The Labute approximate surface area is 89.6 Å². The third-order valence-corrected chi connectivity index (χ3v) is 3.15. The second-order valence-electron chi connectivity index (χ2n) is 4.61. The average Bonchev–Trinajstić information content (AvgIpc) is 2.67. The Morgan fingerprint density at radius 3 is 3.07 bits per heavy atom. The normalized spacial score (nSPS) is 33.6. The van der Waals surface area contributed by atoms with E-state index in [0.717, 1.165) is 25.0 Å². The molecule has 84 valence electrons. The van der Waals surface area contributed by atoms with Crippen molar-refractivity contribution >= 4 is 11.7 Å². The lowest BCUT2D eigenvalue weighted by Gasteiger charge is -2.25. The van der Waals surface area contributed by atoms with Crippen molar-refractivity contribution in [2.75, 3.05) is 0 Å². The number of ether oxygens (including phenoxy) is 1. The van der Waals surface area contributed by atoms with E-state index >= 15 is 0 Å². The average molecular weight is 211 g/mol. The highest BCUT2D eigenvalue weighted by Gasteiger charge is 2.57. The minimum absolute atomic E-state index is 0.0994. The second kappa shape index (κ2) is 3.51. The summed E-state index contributed by atoms with van der Waals surface area (Å²) in [5.74, 6) is -0.121. The largest absolute Gasteiger partial charge is 0.460 e. The van der Waals surface area contributed by atoms with Crippen molar-refractivity contribution in [3.05, 3.63) is 0 Å². The number of nitrogens with zero attached hydrogens (tertiary/aromatic N) is 1. The lowest BCUT2D eigenvalue weighted by molar-refractivity contribution is -0.175. The van der Waals surface area contributed by atoms with Crippen LogP contribution in [0, 0.1) is 5.92 Å². The molecule has 2 rings (SSSR count). The fourth-order valence-corrected chi connectivity index (χ4v) is 2.44. The Hall–Kier alpha value is -1.06. The van der Waals surface area contributed by atoms with Crippen molar-refractivity contribution in [1.29, 1.82) is 0 Å². The fourth-order valence-electron chi connectivity index (χ4n) is 2.44. The summed E-state index contributed by atoms with van der Waals surface area (Å²) in [6, 6.07) is 0. The molecule has 4 nitrogen and oxygen atoms in total. The molecule has 1 aliphatic carbocycles. The van der Waals surface area contributed by atoms with Gasteiger partial charge in [0.2, 0.25) is 5.60 Å². The predicted molar refractivity (Wildman–Crippen MR) is 55.5 cm³/mol. The molecule has 0 saturated heterocycles. The van der Waals surface area contributed by atoms with Crippen LogP contribution in [0.4, 0.5) is 0 Å². The standard InChI is InChI=1S/C11H17NO3/c1-7(2)14-10(13)11-6-4-5-9(11)8(3)12-15-11/h7,9H,4-6H2,1-3H3. The highest BCUT2D eigenvalue weighted by molar-refractivity contribution is 5.95. The molecule has 1 saturated carbocycles. The third kappa shape index (κ3) is 1.52. The summed E-state index contributed by atoms with van der Waals surface area (Å²) in [5, 5.41) is 3.94. The van der Waals surface area contributed by atoms with E-state index < -0.39 is 5.60 Å². The van der Waals surface area contributed by atoms with E-state index in [-0.39, 0.29) is 18.0 Å². The summed E-state index contributed by atoms with van der Waals surface area (Å²) >= 11 is 0. The number of esters is 1. The van der Waals surface area contributed by atoms with Crippen LogP contribution in [0.1, 0.15) is 40.0 Å². The van der Waals surface area contributed by atoms with Gasteiger partial charge in [0.15, 0.2) is 0 Å². The van der Waals surface area contributed by atoms with Gasteiger partial charge in [0.25, 0.3) is 0 Å². The van der Waals surface area contributed by atoms with E-state index in [4.69, 9.17) is 9.57 Å². The summed E-state index contributed by atoms with van der Waals surface area (Å²) < 4.78 is 5.25. The maximum atomic E-state index is 12.0. The number of carbonyl (C=O) groups excluding carboxylic acids is 1. The van der Waals surface area contributed by atoms with Crippen molar-refractivity contribution in [1.82, 2.24) is 0 Å². The number of carbonyl (C=O) groups is 1. The first kappa shape index (κ1) is 10.5. The van der Waals surface area contributed by atoms with Gasteiger partial charge in [-0.2, -0.15) is 0 Å². The topological polar surface area (TPSA) is 47.9 Å². The van der Waals surface area contributed by atoms with Gasteiger partial charge in [-0.15, -0.1) is 0 Å².